The Kier molecular flexibility index (Phi) is 18.6. The van der Waals surface area contributed by atoms with Gasteiger partial charge in [0, 0.05) is 9.79 Å². The zero-order chi connectivity index (χ0) is 21.7. The highest BCUT2D eigenvalue weighted by atomic mass is 32.2. The molecule has 0 atom stereocenters. The number of thioether (sulfide) groups is 2. The molecule has 0 unspecified atom stereocenters. The zero-order valence-electron chi connectivity index (χ0n) is 19.7. The Balaban J connectivity index is 2.23. The van der Waals surface area contributed by atoms with E-state index in [9.17, 15) is 5.26 Å². The summed E-state index contributed by atoms with van der Waals surface area (Å²) in [7, 11) is 0. The third kappa shape index (κ3) is 14.4. The van der Waals surface area contributed by atoms with Gasteiger partial charge in [-0.1, -0.05) is 104 Å². The largest absolute Gasteiger partial charge is 0.192 e. The van der Waals surface area contributed by atoms with E-state index in [1.54, 1.807) is 0 Å². The molecule has 1 rings (SSSR count). The lowest BCUT2D eigenvalue weighted by atomic mass is 10.1. The van der Waals surface area contributed by atoms with E-state index < -0.39 is 0 Å². The molecule has 0 spiro atoms. The molecule has 30 heavy (non-hydrogen) atoms. The number of nitrogens with zero attached hydrogens (tertiary/aromatic N) is 1. The minimum Gasteiger partial charge on any atom is -0.192 e. The van der Waals surface area contributed by atoms with Gasteiger partial charge in [0.05, 0.1) is 11.6 Å². The summed E-state index contributed by atoms with van der Waals surface area (Å²) >= 11 is 3.94. The Morgan fingerprint density at radius 3 is 1.50 bits per heavy atom. The van der Waals surface area contributed by atoms with Crippen LogP contribution in [0.5, 0.6) is 0 Å². The van der Waals surface area contributed by atoms with Crippen LogP contribution in [-0.4, -0.2) is 11.5 Å². The van der Waals surface area contributed by atoms with Gasteiger partial charge in [-0.15, -0.1) is 23.5 Å². The van der Waals surface area contributed by atoms with Crippen molar-refractivity contribution < 1.29 is 0 Å². The van der Waals surface area contributed by atoms with Gasteiger partial charge in [0.25, 0.3) is 0 Å². The predicted molar refractivity (Wildman–Crippen MR) is 138 cm³/mol. The number of unbranched alkanes of at least 4 members (excludes halogenated alkanes) is 14. The minimum absolute atomic E-state index is 0.796. The molecule has 1 nitrogen and oxygen atoms in total. The van der Waals surface area contributed by atoms with Gasteiger partial charge >= 0.3 is 0 Å². The minimum atomic E-state index is 0.796. The maximum atomic E-state index is 9.27. The van der Waals surface area contributed by atoms with Gasteiger partial charge in [0.15, 0.2) is 0 Å². The van der Waals surface area contributed by atoms with Gasteiger partial charge in [0.2, 0.25) is 0 Å². The number of benzene rings is 1. The predicted octanol–water partition coefficient (Wildman–Crippen LogP) is 10.0. The summed E-state index contributed by atoms with van der Waals surface area (Å²) in [4.78, 5) is 2.70. The fraction of sp³-hybridized carbons (Fsp3) is 0.741. The van der Waals surface area contributed by atoms with Crippen molar-refractivity contribution in [1.29, 1.82) is 5.26 Å². The Hall–Kier alpha value is -0.590. The third-order valence-electron chi connectivity index (χ3n) is 5.58. The molecule has 0 aliphatic carbocycles. The van der Waals surface area contributed by atoms with Crippen molar-refractivity contribution in [3.05, 3.63) is 23.8 Å². The Bertz CT molecular complexity index is 564. The van der Waals surface area contributed by atoms with Crippen LogP contribution in [0.3, 0.4) is 0 Å². The third-order valence-corrected chi connectivity index (χ3v) is 8.01. The number of hydrogen-bond acceptors (Lipinski definition) is 3. The standard InChI is InChI=1S/C27H45NS2/c1-3-5-7-9-11-13-15-17-21-29-26-20-19-25(24-28)23-27(26)30-22-18-16-14-12-10-8-6-4-2/h19-20,23H,3-18,21-22H2,1-2H3. The van der Waals surface area contributed by atoms with Gasteiger partial charge in [-0.25, -0.2) is 0 Å². The Morgan fingerprint density at radius 2 is 1.03 bits per heavy atom. The second-order valence-corrected chi connectivity index (χ2v) is 10.7. The topological polar surface area (TPSA) is 23.8 Å². The monoisotopic (exact) mass is 447 g/mol. The van der Waals surface area contributed by atoms with Gasteiger partial charge in [-0.3, -0.25) is 0 Å². The molecule has 0 amide bonds. The average Bonchev–Trinajstić information content (AvgIpc) is 2.77. The second-order valence-electron chi connectivity index (χ2n) is 8.42. The van der Waals surface area contributed by atoms with Crippen molar-refractivity contribution in [3.8, 4) is 6.07 Å². The van der Waals surface area contributed by atoms with Gasteiger partial charge in [-0.2, -0.15) is 5.26 Å². The van der Waals surface area contributed by atoms with Crippen molar-refractivity contribution in [2.45, 2.75) is 126 Å². The smallest absolute Gasteiger partial charge is 0.0992 e. The molecule has 0 heterocycles. The maximum Gasteiger partial charge on any atom is 0.0992 e. The van der Waals surface area contributed by atoms with Crippen LogP contribution in [0.15, 0.2) is 28.0 Å². The van der Waals surface area contributed by atoms with Crippen LogP contribution < -0.4 is 0 Å². The van der Waals surface area contributed by atoms with Crippen molar-refractivity contribution in [3.63, 3.8) is 0 Å². The van der Waals surface area contributed by atoms with E-state index in [-0.39, 0.29) is 0 Å². The number of nitriles is 1. The molecule has 1 aromatic carbocycles. The van der Waals surface area contributed by atoms with E-state index in [1.807, 2.05) is 29.6 Å². The lowest BCUT2D eigenvalue weighted by molar-refractivity contribution is 0.586. The first-order chi connectivity index (χ1) is 14.8. The van der Waals surface area contributed by atoms with E-state index in [2.05, 4.69) is 32.0 Å². The molecular formula is C27H45NS2. The number of hydrogen-bond donors (Lipinski definition) is 0. The van der Waals surface area contributed by atoms with Gasteiger partial charge in [0.1, 0.15) is 0 Å². The molecule has 0 radical (unpaired) electrons. The highest BCUT2D eigenvalue weighted by Crippen LogP contribution is 2.33. The highest BCUT2D eigenvalue weighted by Gasteiger charge is 2.06. The van der Waals surface area contributed by atoms with E-state index >= 15 is 0 Å². The molecule has 170 valence electrons. The quantitative estimate of drug-likeness (QED) is 0.147. The SMILES string of the molecule is CCCCCCCCCCSc1ccc(C#N)cc1SCCCCCCCCCC. The van der Waals surface area contributed by atoms with Crippen molar-refractivity contribution in [2.24, 2.45) is 0 Å². The molecule has 0 bridgehead atoms. The van der Waals surface area contributed by atoms with E-state index in [1.165, 1.54) is 124 Å². The molecule has 0 saturated carbocycles. The van der Waals surface area contributed by atoms with Crippen LogP contribution >= 0.6 is 23.5 Å². The molecule has 0 aliphatic heterocycles. The van der Waals surface area contributed by atoms with Crippen molar-refractivity contribution in [2.75, 3.05) is 11.5 Å². The second kappa shape index (κ2) is 20.3. The van der Waals surface area contributed by atoms with E-state index in [0.29, 0.717) is 0 Å². The highest BCUT2D eigenvalue weighted by molar-refractivity contribution is 8.02. The zero-order valence-corrected chi connectivity index (χ0v) is 21.4. The van der Waals surface area contributed by atoms with Crippen LogP contribution in [0.1, 0.15) is 122 Å². The summed E-state index contributed by atoms with van der Waals surface area (Å²) < 4.78 is 0. The fourth-order valence-corrected chi connectivity index (χ4v) is 5.92. The molecule has 0 aliphatic rings. The summed E-state index contributed by atoms with van der Waals surface area (Å²) in [6.45, 7) is 4.56. The summed E-state index contributed by atoms with van der Waals surface area (Å²) in [5.74, 6) is 2.38. The van der Waals surface area contributed by atoms with Crippen LogP contribution in [0.2, 0.25) is 0 Å². The van der Waals surface area contributed by atoms with Crippen LogP contribution in [-0.2, 0) is 0 Å². The summed E-state index contributed by atoms with van der Waals surface area (Å²) in [6, 6.07) is 8.57. The lowest BCUT2D eigenvalue weighted by Crippen LogP contribution is -1.88. The van der Waals surface area contributed by atoms with E-state index in [4.69, 9.17) is 0 Å². The first-order valence-electron chi connectivity index (χ1n) is 12.6. The van der Waals surface area contributed by atoms with Crippen LogP contribution in [0, 0.1) is 11.3 Å². The molecular weight excluding hydrogens is 402 g/mol. The molecule has 0 aromatic heterocycles. The molecule has 0 N–H and O–H groups in total. The van der Waals surface area contributed by atoms with Crippen molar-refractivity contribution in [1.82, 2.24) is 0 Å². The van der Waals surface area contributed by atoms with Gasteiger partial charge < -0.3 is 0 Å². The van der Waals surface area contributed by atoms with Gasteiger partial charge in [-0.05, 0) is 42.5 Å². The Labute approximate surface area is 196 Å². The normalized spacial score (nSPS) is 11.0. The maximum absolute atomic E-state index is 9.27. The first-order valence-corrected chi connectivity index (χ1v) is 14.6. The summed E-state index contributed by atoms with van der Waals surface area (Å²) in [5, 5.41) is 9.27. The molecule has 0 saturated heterocycles. The molecule has 3 heteroatoms. The van der Waals surface area contributed by atoms with Crippen LogP contribution in [0.25, 0.3) is 0 Å². The van der Waals surface area contributed by atoms with Crippen molar-refractivity contribution >= 4 is 23.5 Å². The lowest BCUT2D eigenvalue weighted by Gasteiger charge is -2.10. The summed E-state index contributed by atoms with van der Waals surface area (Å²) in [5.41, 5.74) is 0.796. The fourth-order valence-electron chi connectivity index (χ4n) is 3.65. The first kappa shape index (κ1) is 27.4. The Morgan fingerprint density at radius 1 is 0.600 bits per heavy atom. The average molecular weight is 448 g/mol. The summed E-state index contributed by atoms with van der Waals surface area (Å²) in [6.07, 6.45) is 22.0. The molecule has 1 aromatic rings. The number of rotatable bonds is 20. The van der Waals surface area contributed by atoms with Crippen LogP contribution in [0.4, 0.5) is 0 Å². The van der Waals surface area contributed by atoms with E-state index in [0.717, 1.165) is 5.56 Å². The molecule has 0 fully saturated rings.